The number of nitrogens with one attached hydrogen (secondary N) is 1. The van der Waals surface area contributed by atoms with Crippen LogP contribution in [0.2, 0.25) is 0 Å². The number of amides is 1. The van der Waals surface area contributed by atoms with E-state index in [9.17, 15) is 45.0 Å². The lowest BCUT2D eigenvalue weighted by Gasteiger charge is -2.54. The summed E-state index contributed by atoms with van der Waals surface area (Å²) < 4.78 is 0. The highest BCUT2D eigenvalue weighted by Crippen LogP contribution is 2.56. The van der Waals surface area contributed by atoms with Crippen LogP contribution in [0.5, 0.6) is 5.75 Å². The molecule has 0 spiro atoms. The van der Waals surface area contributed by atoms with E-state index in [1.165, 1.54) is 39.2 Å². The van der Waals surface area contributed by atoms with Crippen molar-refractivity contribution in [2.45, 2.75) is 30.3 Å². The van der Waals surface area contributed by atoms with Crippen LogP contribution in [0.25, 0.3) is 5.76 Å². The van der Waals surface area contributed by atoms with Gasteiger partial charge >= 0.3 is 0 Å². The van der Waals surface area contributed by atoms with E-state index in [1.807, 2.05) is 0 Å². The minimum atomic E-state index is -3.00. The van der Waals surface area contributed by atoms with Gasteiger partial charge in [-0.25, -0.2) is 0 Å². The molecule has 3 aliphatic rings. The lowest BCUT2D eigenvalue weighted by Crippen LogP contribution is -3.13. The summed E-state index contributed by atoms with van der Waals surface area (Å²) in [5.74, 6) is -9.53. The van der Waals surface area contributed by atoms with Crippen LogP contribution in [-0.2, 0) is 20.0 Å². The van der Waals surface area contributed by atoms with Crippen molar-refractivity contribution in [3.8, 4) is 5.75 Å². The molecule has 1 fully saturated rings. The van der Waals surface area contributed by atoms with Crippen LogP contribution in [0.4, 0.5) is 0 Å². The minimum absolute atomic E-state index is 0.0134. The molecule has 0 bridgehead atoms. The van der Waals surface area contributed by atoms with E-state index in [0.29, 0.717) is 4.90 Å². The Bertz CT molecular complexity index is 1180. The number of hydrogen-bond acceptors (Lipinski definition) is 9. The number of carbonyl (C=O) groups excluding carboxylic acids is 3. The molecule has 4 rings (SSSR count). The molecule has 6 atom stereocenters. The second-order valence-corrected chi connectivity index (χ2v) is 9.21. The Hall–Kier alpha value is -3.25. The number of Topliss-reactive ketones (excluding diaryl/α,β-unsaturated/α-hetero) is 2. The maximum Gasteiger partial charge on any atom is 0.256 e. The number of carbonyl (C=O) groups is 3. The Morgan fingerprint density at radius 3 is 2.27 bits per heavy atom. The van der Waals surface area contributed by atoms with Crippen LogP contribution in [0, 0.1) is 11.8 Å². The first-order chi connectivity index (χ1) is 15.2. The fourth-order valence-electron chi connectivity index (χ4n) is 5.69. The Morgan fingerprint density at radius 1 is 1.12 bits per heavy atom. The van der Waals surface area contributed by atoms with Gasteiger partial charge in [0.15, 0.2) is 11.6 Å². The van der Waals surface area contributed by atoms with Gasteiger partial charge < -0.3 is 41.3 Å². The van der Waals surface area contributed by atoms with Crippen LogP contribution in [0.3, 0.4) is 0 Å². The number of rotatable bonds is 2. The zero-order chi connectivity index (χ0) is 24.8. The van der Waals surface area contributed by atoms with E-state index in [4.69, 9.17) is 5.73 Å². The average molecular weight is 461 g/mol. The first-order valence-electron chi connectivity index (χ1n) is 10.2. The maximum absolute atomic E-state index is 13.7. The van der Waals surface area contributed by atoms with Gasteiger partial charge in [-0.3, -0.25) is 14.4 Å². The van der Waals surface area contributed by atoms with Crippen molar-refractivity contribution in [2.24, 2.45) is 17.6 Å². The summed E-state index contributed by atoms with van der Waals surface area (Å²) in [5.41, 5.74) is -1.69. The van der Waals surface area contributed by atoms with Crippen LogP contribution in [-0.4, -0.2) is 80.0 Å². The van der Waals surface area contributed by atoms with Crippen molar-refractivity contribution in [1.29, 1.82) is 0 Å². The first kappa shape index (κ1) is 22.9. The molecule has 3 aliphatic carbocycles. The van der Waals surface area contributed by atoms with Crippen molar-refractivity contribution in [3.05, 3.63) is 46.2 Å². The van der Waals surface area contributed by atoms with E-state index in [0.717, 1.165) is 0 Å². The topological polar surface area (TPSA) is 203 Å². The van der Waals surface area contributed by atoms with Crippen LogP contribution in [0.1, 0.15) is 18.1 Å². The van der Waals surface area contributed by atoms with E-state index in [2.05, 4.69) is 0 Å². The number of phenols is 1. The summed E-state index contributed by atoms with van der Waals surface area (Å²) in [4.78, 5) is 39.0. The number of primary amides is 1. The molecule has 0 aromatic heterocycles. The summed E-state index contributed by atoms with van der Waals surface area (Å²) >= 11 is 0. The van der Waals surface area contributed by atoms with Crippen molar-refractivity contribution in [1.82, 2.24) is 0 Å². The smallest absolute Gasteiger partial charge is 0.256 e. The Kier molecular flexibility index (Phi) is 4.78. The first-order valence-corrected chi connectivity index (χ1v) is 10.2. The highest BCUT2D eigenvalue weighted by molar-refractivity contribution is 6.24. The quantitative estimate of drug-likeness (QED) is 0.214. The van der Waals surface area contributed by atoms with Gasteiger partial charge in [0, 0.05) is 0 Å². The lowest BCUT2D eigenvalue weighted by molar-refractivity contribution is -0.881. The molecule has 1 amide bonds. The molecule has 11 nitrogen and oxygen atoms in total. The van der Waals surface area contributed by atoms with Gasteiger partial charge in [0.2, 0.25) is 11.6 Å². The molecule has 1 aromatic carbocycles. The number of likely N-dealkylation sites (N-methyl/N-ethyl adjacent to an activating group) is 1. The van der Waals surface area contributed by atoms with Crippen molar-refractivity contribution >= 4 is 23.2 Å². The van der Waals surface area contributed by atoms with E-state index in [1.54, 1.807) is 0 Å². The summed E-state index contributed by atoms with van der Waals surface area (Å²) in [6.07, 6.45) is -1.85. The van der Waals surface area contributed by atoms with Gasteiger partial charge in [-0.2, -0.15) is 0 Å². The number of ketones is 2. The number of fused-ring (bicyclic) bond motifs is 3. The summed E-state index contributed by atoms with van der Waals surface area (Å²) in [6.45, 7) is 1.26. The average Bonchev–Trinajstić information content (AvgIpc) is 2.70. The number of aromatic hydroxyl groups is 1. The number of quaternary nitrogens is 1. The second kappa shape index (κ2) is 6.87. The largest absolute Gasteiger partial charge is 0.508 e. The number of benzene rings is 1. The van der Waals surface area contributed by atoms with Gasteiger partial charge in [0.25, 0.3) is 5.91 Å². The molecule has 0 aliphatic heterocycles. The maximum atomic E-state index is 13.7. The number of aliphatic hydroxyl groups is 5. The van der Waals surface area contributed by atoms with E-state index < -0.39 is 81.1 Å². The van der Waals surface area contributed by atoms with E-state index in [-0.39, 0.29) is 11.1 Å². The summed E-state index contributed by atoms with van der Waals surface area (Å²) in [7, 11) is 2.96. The van der Waals surface area contributed by atoms with Gasteiger partial charge in [0.05, 0.1) is 48.8 Å². The Labute approximate surface area is 187 Å². The predicted octanol–water partition coefficient (Wildman–Crippen LogP) is -2.82. The standard InChI is InChI=1S/C22H24N2O9/c1-21(32)7-5-4-6-8(25)9(7)15(26)10-12(21)17(28)13-14(24(2)3)16(27)11(20(23)31)19(30)22(13,33)18(10)29/h4-6,12-14,17,25-26,28,30,32-33H,1-3H3,(H2,23,31)/p+1/t12-,13-,14+,17-,21+,22-/m1/s1. The molecule has 11 heteroatoms. The number of hydrogen-bond donors (Lipinski definition) is 8. The van der Waals surface area contributed by atoms with Gasteiger partial charge in [-0.15, -0.1) is 0 Å². The van der Waals surface area contributed by atoms with Crippen molar-refractivity contribution in [3.63, 3.8) is 0 Å². The molecule has 1 saturated carbocycles. The second-order valence-electron chi connectivity index (χ2n) is 9.21. The molecular formula is C22H25N2O9+. The molecule has 0 heterocycles. The summed E-state index contributed by atoms with van der Waals surface area (Å²) in [6, 6.07) is 2.60. The molecule has 33 heavy (non-hydrogen) atoms. The lowest BCUT2D eigenvalue weighted by atomic mass is 9.53. The zero-order valence-electron chi connectivity index (χ0n) is 18.0. The molecular weight excluding hydrogens is 436 g/mol. The molecule has 0 saturated heterocycles. The fraction of sp³-hybridized carbons (Fsp3) is 0.409. The third kappa shape index (κ3) is 2.61. The van der Waals surface area contributed by atoms with Crippen molar-refractivity contribution < 1.29 is 49.9 Å². The third-order valence-corrected chi connectivity index (χ3v) is 7.13. The van der Waals surface area contributed by atoms with E-state index >= 15 is 0 Å². The predicted molar refractivity (Wildman–Crippen MR) is 111 cm³/mol. The fourth-order valence-corrected chi connectivity index (χ4v) is 5.69. The third-order valence-electron chi connectivity index (χ3n) is 7.13. The van der Waals surface area contributed by atoms with Crippen molar-refractivity contribution in [2.75, 3.05) is 14.1 Å². The normalized spacial score (nSPS) is 36.0. The Balaban J connectivity index is 2.11. The minimum Gasteiger partial charge on any atom is -0.508 e. The zero-order valence-corrected chi connectivity index (χ0v) is 18.0. The SMILES string of the molecule is C[NH+](C)[C@@H]1C(=O)C(C(N)=O)=C(O)[C@]2(O)C(=O)C3=C(O)c4c(O)cccc4[C@](C)(O)[C@H]3[C@@H](O)[C@@H]12. The highest BCUT2D eigenvalue weighted by Gasteiger charge is 2.71. The monoisotopic (exact) mass is 461 g/mol. The van der Waals surface area contributed by atoms with Gasteiger partial charge in [-0.1, -0.05) is 12.1 Å². The highest BCUT2D eigenvalue weighted by atomic mass is 16.4. The summed E-state index contributed by atoms with van der Waals surface area (Å²) in [5, 5.41) is 66.4. The van der Waals surface area contributed by atoms with Crippen LogP contribution < -0.4 is 10.6 Å². The van der Waals surface area contributed by atoms with Gasteiger partial charge in [0.1, 0.15) is 22.8 Å². The molecule has 9 N–H and O–H groups in total. The Morgan fingerprint density at radius 2 is 1.73 bits per heavy atom. The molecule has 0 radical (unpaired) electrons. The number of nitrogens with two attached hydrogens (primary N) is 1. The molecule has 0 unspecified atom stereocenters. The number of aliphatic hydroxyl groups excluding tert-OH is 3. The van der Waals surface area contributed by atoms with Gasteiger partial charge in [-0.05, 0) is 18.6 Å². The van der Waals surface area contributed by atoms with Crippen LogP contribution in [0.15, 0.2) is 35.1 Å². The van der Waals surface area contributed by atoms with Crippen LogP contribution >= 0.6 is 0 Å². The molecule has 1 aromatic rings. The number of phenolic OH excluding ortho intramolecular Hbond substituents is 1. The molecule has 176 valence electrons.